The zero-order valence-electron chi connectivity index (χ0n) is 8.66. The van der Waals surface area contributed by atoms with Crippen molar-refractivity contribution in [1.82, 2.24) is 4.90 Å². The van der Waals surface area contributed by atoms with E-state index in [1.807, 2.05) is 11.8 Å². The van der Waals surface area contributed by atoms with Crippen LogP contribution in [0.2, 0.25) is 0 Å². The number of amides is 1. The third kappa shape index (κ3) is 2.80. The number of carbonyl (C=O) groups is 2. The van der Waals surface area contributed by atoms with Gasteiger partial charge in [0.2, 0.25) is 5.91 Å². The summed E-state index contributed by atoms with van der Waals surface area (Å²) in [5, 5.41) is 0. The first-order chi connectivity index (χ1) is 6.65. The van der Waals surface area contributed by atoms with E-state index in [1.54, 1.807) is 0 Å². The fraction of sp³-hybridized carbons (Fsp3) is 0.800. The summed E-state index contributed by atoms with van der Waals surface area (Å²) in [5.74, 6) is -0.119. The molecule has 0 aromatic rings. The Labute approximate surface area is 84.4 Å². The van der Waals surface area contributed by atoms with Crippen LogP contribution in [0, 0.1) is 0 Å². The van der Waals surface area contributed by atoms with E-state index in [0.29, 0.717) is 13.0 Å². The third-order valence-electron chi connectivity index (χ3n) is 2.72. The summed E-state index contributed by atoms with van der Waals surface area (Å²) in [6, 6.07) is -0.223. The molecular formula is C10H18N2O2. The van der Waals surface area contributed by atoms with Crippen molar-refractivity contribution in [3.63, 3.8) is 0 Å². The number of likely N-dealkylation sites (tertiary alicyclic amines) is 1. The molecule has 1 rings (SSSR count). The molecule has 1 fully saturated rings. The maximum atomic E-state index is 11.3. The Bertz CT molecular complexity index is 228. The number of carbonyl (C=O) groups excluding carboxylic acids is 2. The first-order valence-electron chi connectivity index (χ1n) is 5.20. The zero-order valence-corrected chi connectivity index (χ0v) is 8.66. The summed E-state index contributed by atoms with van der Waals surface area (Å²) in [6.45, 7) is 3.04. The van der Waals surface area contributed by atoms with Gasteiger partial charge >= 0.3 is 0 Å². The van der Waals surface area contributed by atoms with Crippen molar-refractivity contribution < 1.29 is 9.59 Å². The van der Waals surface area contributed by atoms with E-state index in [9.17, 15) is 9.59 Å². The molecule has 80 valence electrons. The lowest BCUT2D eigenvalue weighted by Gasteiger charge is -2.32. The summed E-state index contributed by atoms with van der Waals surface area (Å²) >= 11 is 0. The van der Waals surface area contributed by atoms with Gasteiger partial charge in [-0.3, -0.25) is 14.5 Å². The summed E-state index contributed by atoms with van der Waals surface area (Å²) < 4.78 is 0. The SMILES string of the molecule is CCC(=O)CN1CCCCC1C(N)=O. The Kier molecular flexibility index (Phi) is 4.07. The van der Waals surface area contributed by atoms with Gasteiger partial charge in [-0.05, 0) is 19.4 Å². The molecule has 1 saturated heterocycles. The molecular weight excluding hydrogens is 180 g/mol. The smallest absolute Gasteiger partial charge is 0.234 e. The van der Waals surface area contributed by atoms with Crippen molar-refractivity contribution in [1.29, 1.82) is 0 Å². The molecule has 0 aliphatic carbocycles. The zero-order chi connectivity index (χ0) is 10.6. The molecule has 0 spiro atoms. The first-order valence-corrected chi connectivity index (χ1v) is 5.20. The van der Waals surface area contributed by atoms with E-state index in [2.05, 4.69) is 0 Å². The second-order valence-corrected chi connectivity index (χ2v) is 3.78. The molecule has 14 heavy (non-hydrogen) atoms. The lowest BCUT2D eigenvalue weighted by molar-refractivity contribution is -0.127. The fourth-order valence-corrected chi connectivity index (χ4v) is 1.84. The van der Waals surface area contributed by atoms with Crippen molar-refractivity contribution in [2.24, 2.45) is 5.73 Å². The number of hydrogen-bond acceptors (Lipinski definition) is 3. The van der Waals surface area contributed by atoms with Gasteiger partial charge in [-0.25, -0.2) is 0 Å². The van der Waals surface area contributed by atoms with E-state index >= 15 is 0 Å². The van der Waals surface area contributed by atoms with Crippen LogP contribution >= 0.6 is 0 Å². The first kappa shape index (κ1) is 11.2. The van der Waals surface area contributed by atoms with Crippen molar-refractivity contribution in [3.8, 4) is 0 Å². The van der Waals surface area contributed by atoms with E-state index in [0.717, 1.165) is 25.8 Å². The lowest BCUT2D eigenvalue weighted by atomic mass is 10.0. The quantitative estimate of drug-likeness (QED) is 0.707. The topological polar surface area (TPSA) is 63.4 Å². The summed E-state index contributed by atoms with van der Waals surface area (Å²) in [4.78, 5) is 24.3. The van der Waals surface area contributed by atoms with Gasteiger partial charge in [-0.1, -0.05) is 13.3 Å². The molecule has 4 heteroatoms. The maximum Gasteiger partial charge on any atom is 0.234 e. The Morgan fingerprint density at radius 1 is 1.43 bits per heavy atom. The van der Waals surface area contributed by atoms with Gasteiger partial charge in [0, 0.05) is 6.42 Å². The Morgan fingerprint density at radius 2 is 2.14 bits per heavy atom. The molecule has 1 heterocycles. The molecule has 0 saturated carbocycles. The largest absolute Gasteiger partial charge is 0.368 e. The van der Waals surface area contributed by atoms with Crippen LogP contribution < -0.4 is 5.73 Å². The van der Waals surface area contributed by atoms with Crippen LogP contribution in [0.25, 0.3) is 0 Å². The Morgan fingerprint density at radius 3 is 2.71 bits per heavy atom. The van der Waals surface area contributed by atoms with Crippen molar-refractivity contribution in [3.05, 3.63) is 0 Å². The van der Waals surface area contributed by atoms with Crippen molar-refractivity contribution in [2.75, 3.05) is 13.1 Å². The maximum absolute atomic E-state index is 11.3. The standard InChI is InChI=1S/C10H18N2O2/c1-2-8(13)7-12-6-4-3-5-9(12)10(11)14/h9H,2-7H2,1H3,(H2,11,14). The minimum Gasteiger partial charge on any atom is -0.368 e. The molecule has 1 unspecified atom stereocenters. The number of nitrogens with two attached hydrogens (primary N) is 1. The highest BCUT2D eigenvalue weighted by atomic mass is 16.1. The predicted octanol–water partition coefficient (Wildman–Crippen LogP) is 0.305. The summed E-state index contributed by atoms with van der Waals surface area (Å²) in [6.07, 6.45) is 3.42. The predicted molar refractivity (Wildman–Crippen MR) is 53.7 cm³/mol. The molecule has 0 aromatic heterocycles. The normalized spacial score (nSPS) is 23.4. The number of Topliss-reactive ketones (excluding diaryl/α,β-unsaturated/α-hetero) is 1. The van der Waals surface area contributed by atoms with Crippen LogP contribution in [0.15, 0.2) is 0 Å². The molecule has 1 aliphatic heterocycles. The highest BCUT2D eigenvalue weighted by Crippen LogP contribution is 2.16. The van der Waals surface area contributed by atoms with E-state index in [1.165, 1.54) is 0 Å². The van der Waals surface area contributed by atoms with Crippen LogP contribution in [0.4, 0.5) is 0 Å². The number of ketones is 1. The van der Waals surface area contributed by atoms with Crippen LogP contribution in [0.3, 0.4) is 0 Å². The van der Waals surface area contributed by atoms with Gasteiger partial charge in [0.25, 0.3) is 0 Å². The number of nitrogens with zero attached hydrogens (tertiary/aromatic N) is 1. The van der Waals surface area contributed by atoms with Crippen LogP contribution in [-0.4, -0.2) is 35.7 Å². The van der Waals surface area contributed by atoms with Crippen molar-refractivity contribution >= 4 is 11.7 Å². The second kappa shape index (κ2) is 5.10. The average Bonchev–Trinajstić information content (AvgIpc) is 2.18. The molecule has 0 aromatic carbocycles. The average molecular weight is 198 g/mol. The van der Waals surface area contributed by atoms with Gasteiger partial charge in [0.15, 0.2) is 0 Å². The van der Waals surface area contributed by atoms with Crippen LogP contribution in [0.5, 0.6) is 0 Å². The van der Waals surface area contributed by atoms with Gasteiger partial charge in [-0.15, -0.1) is 0 Å². The molecule has 1 atom stereocenters. The molecule has 0 bridgehead atoms. The highest BCUT2D eigenvalue weighted by Gasteiger charge is 2.27. The number of hydrogen-bond donors (Lipinski definition) is 1. The summed E-state index contributed by atoms with van der Waals surface area (Å²) in [7, 11) is 0. The lowest BCUT2D eigenvalue weighted by Crippen LogP contribution is -2.49. The van der Waals surface area contributed by atoms with Crippen molar-refractivity contribution in [2.45, 2.75) is 38.6 Å². The Balaban J connectivity index is 2.54. The Hall–Kier alpha value is -0.900. The number of piperidine rings is 1. The van der Waals surface area contributed by atoms with E-state index < -0.39 is 0 Å². The molecule has 1 amide bonds. The van der Waals surface area contributed by atoms with E-state index in [4.69, 9.17) is 5.73 Å². The van der Waals surface area contributed by atoms with Crippen LogP contribution in [-0.2, 0) is 9.59 Å². The monoisotopic (exact) mass is 198 g/mol. The van der Waals surface area contributed by atoms with Gasteiger partial charge in [0.1, 0.15) is 5.78 Å². The second-order valence-electron chi connectivity index (χ2n) is 3.78. The minimum atomic E-state index is -0.298. The summed E-state index contributed by atoms with van der Waals surface area (Å²) in [5.41, 5.74) is 5.28. The molecule has 4 nitrogen and oxygen atoms in total. The number of rotatable bonds is 4. The minimum absolute atomic E-state index is 0.179. The van der Waals surface area contributed by atoms with Gasteiger partial charge < -0.3 is 5.73 Å². The number of primary amides is 1. The van der Waals surface area contributed by atoms with Crippen LogP contribution in [0.1, 0.15) is 32.6 Å². The highest BCUT2D eigenvalue weighted by molar-refractivity contribution is 5.83. The molecule has 2 N–H and O–H groups in total. The third-order valence-corrected chi connectivity index (χ3v) is 2.72. The van der Waals surface area contributed by atoms with Gasteiger partial charge in [-0.2, -0.15) is 0 Å². The van der Waals surface area contributed by atoms with E-state index in [-0.39, 0.29) is 17.7 Å². The van der Waals surface area contributed by atoms with Gasteiger partial charge in [0.05, 0.1) is 12.6 Å². The molecule has 0 radical (unpaired) electrons. The fourth-order valence-electron chi connectivity index (χ4n) is 1.84. The molecule has 1 aliphatic rings.